The fraction of sp³-hybridized carbons (Fsp3) is 0.133. The summed E-state index contributed by atoms with van der Waals surface area (Å²) in [5.74, 6) is 0.188. The molecule has 6 heteroatoms. The van der Waals surface area contributed by atoms with Crippen LogP contribution in [0.3, 0.4) is 0 Å². The van der Waals surface area contributed by atoms with Crippen LogP contribution in [0.2, 0.25) is 5.02 Å². The zero-order valence-electron chi connectivity index (χ0n) is 11.2. The molecule has 0 spiro atoms. The van der Waals surface area contributed by atoms with Crippen molar-refractivity contribution in [2.45, 2.75) is 6.54 Å². The van der Waals surface area contributed by atoms with Crippen LogP contribution in [-0.4, -0.2) is 16.9 Å². The molecule has 0 saturated carbocycles. The van der Waals surface area contributed by atoms with E-state index in [1.807, 2.05) is 0 Å². The van der Waals surface area contributed by atoms with Gasteiger partial charge in [0, 0.05) is 10.6 Å². The van der Waals surface area contributed by atoms with Gasteiger partial charge in [0.1, 0.15) is 11.6 Å². The first-order valence-electron chi connectivity index (χ1n) is 6.29. The highest BCUT2D eigenvalue weighted by molar-refractivity contribution is 6.31. The van der Waals surface area contributed by atoms with E-state index in [-0.39, 0.29) is 12.1 Å². The number of benzene rings is 2. The first-order valence-corrected chi connectivity index (χ1v) is 6.67. The van der Waals surface area contributed by atoms with Crippen LogP contribution in [0, 0.1) is 5.82 Å². The van der Waals surface area contributed by atoms with Gasteiger partial charge in [-0.2, -0.15) is 0 Å². The molecule has 21 heavy (non-hydrogen) atoms. The predicted molar refractivity (Wildman–Crippen MR) is 79.6 cm³/mol. The molecule has 1 heterocycles. The Bertz CT molecular complexity index is 849. The summed E-state index contributed by atoms with van der Waals surface area (Å²) >= 11 is 6.02. The summed E-state index contributed by atoms with van der Waals surface area (Å²) in [6.07, 6.45) is 0. The number of methoxy groups -OCH3 is 1. The van der Waals surface area contributed by atoms with Gasteiger partial charge in [0.05, 0.1) is 24.6 Å². The first kappa shape index (κ1) is 13.7. The van der Waals surface area contributed by atoms with Crippen LogP contribution >= 0.6 is 11.6 Å². The van der Waals surface area contributed by atoms with Gasteiger partial charge >= 0.3 is 0 Å². The second-order valence-corrected chi connectivity index (χ2v) is 5.02. The summed E-state index contributed by atoms with van der Waals surface area (Å²) in [5.41, 5.74) is 0.750. The van der Waals surface area contributed by atoms with Gasteiger partial charge < -0.3 is 4.74 Å². The highest BCUT2D eigenvalue weighted by Crippen LogP contribution is 2.22. The minimum Gasteiger partial charge on any atom is -0.497 e. The SMILES string of the molecule is COc1ccc2c(c1)c(=O)[nH]n2Cc1c(F)cccc1Cl. The van der Waals surface area contributed by atoms with Gasteiger partial charge in [0.2, 0.25) is 0 Å². The van der Waals surface area contributed by atoms with E-state index >= 15 is 0 Å². The van der Waals surface area contributed by atoms with E-state index in [9.17, 15) is 9.18 Å². The third-order valence-corrected chi connectivity index (χ3v) is 3.71. The van der Waals surface area contributed by atoms with E-state index in [0.29, 0.717) is 27.2 Å². The Labute approximate surface area is 124 Å². The van der Waals surface area contributed by atoms with Crippen LogP contribution in [0.15, 0.2) is 41.2 Å². The van der Waals surface area contributed by atoms with Crippen LogP contribution in [-0.2, 0) is 6.54 Å². The minimum atomic E-state index is -0.404. The van der Waals surface area contributed by atoms with E-state index in [0.717, 1.165) is 0 Å². The van der Waals surface area contributed by atoms with E-state index in [1.165, 1.54) is 13.2 Å². The number of halogens is 2. The molecule has 2 aromatic carbocycles. The number of aromatic amines is 1. The van der Waals surface area contributed by atoms with Crippen molar-refractivity contribution in [2.75, 3.05) is 7.11 Å². The number of hydrogen-bond donors (Lipinski definition) is 1. The Kier molecular flexibility index (Phi) is 3.43. The molecule has 0 fully saturated rings. The van der Waals surface area contributed by atoms with Gasteiger partial charge in [-0.1, -0.05) is 17.7 Å². The van der Waals surface area contributed by atoms with E-state index in [2.05, 4.69) is 5.10 Å². The fourth-order valence-electron chi connectivity index (χ4n) is 2.27. The van der Waals surface area contributed by atoms with Gasteiger partial charge in [-0.3, -0.25) is 14.6 Å². The highest BCUT2D eigenvalue weighted by atomic mass is 35.5. The predicted octanol–water partition coefficient (Wildman–Crippen LogP) is 3.18. The minimum absolute atomic E-state index is 0.149. The molecular formula is C15H12ClFN2O2. The summed E-state index contributed by atoms with van der Waals surface area (Å²) in [6.45, 7) is 0.149. The van der Waals surface area contributed by atoms with Crippen LogP contribution in [0.4, 0.5) is 4.39 Å². The number of aromatic nitrogens is 2. The number of hydrogen-bond acceptors (Lipinski definition) is 2. The van der Waals surface area contributed by atoms with Crippen molar-refractivity contribution in [3.05, 3.63) is 63.2 Å². The number of rotatable bonds is 3. The van der Waals surface area contributed by atoms with E-state index < -0.39 is 5.82 Å². The van der Waals surface area contributed by atoms with Crippen LogP contribution < -0.4 is 10.3 Å². The maximum Gasteiger partial charge on any atom is 0.272 e. The topological polar surface area (TPSA) is 47.0 Å². The lowest BCUT2D eigenvalue weighted by Crippen LogP contribution is -2.08. The van der Waals surface area contributed by atoms with Crippen LogP contribution in [0.1, 0.15) is 5.56 Å². The molecule has 0 aliphatic carbocycles. The molecule has 0 radical (unpaired) electrons. The van der Waals surface area contributed by atoms with Crippen molar-refractivity contribution in [2.24, 2.45) is 0 Å². The third-order valence-electron chi connectivity index (χ3n) is 3.35. The lowest BCUT2D eigenvalue weighted by Gasteiger charge is -2.08. The van der Waals surface area contributed by atoms with Crippen molar-refractivity contribution in [3.63, 3.8) is 0 Å². The fourth-order valence-corrected chi connectivity index (χ4v) is 2.49. The van der Waals surface area contributed by atoms with Gasteiger partial charge in [-0.25, -0.2) is 4.39 Å². The second-order valence-electron chi connectivity index (χ2n) is 4.61. The van der Waals surface area contributed by atoms with Crippen molar-refractivity contribution in [1.82, 2.24) is 9.78 Å². The molecule has 4 nitrogen and oxygen atoms in total. The summed E-state index contributed by atoms with van der Waals surface area (Å²) in [7, 11) is 1.53. The van der Waals surface area contributed by atoms with Gasteiger partial charge in [0.15, 0.2) is 0 Å². The Morgan fingerprint density at radius 2 is 2.14 bits per heavy atom. The van der Waals surface area contributed by atoms with E-state index in [1.54, 1.807) is 35.0 Å². The maximum absolute atomic E-state index is 13.9. The summed E-state index contributed by atoms with van der Waals surface area (Å²) in [6, 6.07) is 9.65. The van der Waals surface area contributed by atoms with Crippen molar-refractivity contribution in [1.29, 1.82) is 0 Å². The first-order chi connectivity index (χ1) is 10.1. The zero-order valence-corrected chi connectivity index (χ0v) is 11.9. The molecule has 0 aliphatic rings. The zero-order chi connectivity index (χ0) is 15.0. The second kappa shape index (κ2) is 5.26. The molecule has 0 unspecified atom stereocenters. The van der Waals surface area contributed by atoms with Crippen molar-refractivity contribution in [3.8, 4) is 5.75 Å². The molecule has 0 saturated heterocycles. The Hall–Kier alpha value is -2.27. The van der Waals surface area contributed by atoms with Crippen molar-refractivity contribution < 1.29 is 9.13 Å². The molecule has 1 aromatic heterocycles. The monoisotopic (exact) mass is 306 g/mol. The highest BCUT2D eigenvalue weighted by Gasteiger charge is 2.12. The average molecular weight is 307 g/mol. The lowest BCUT2D eigenvalue weighted by atomic mass is 10.2. The molecule has 0 bridgehead atoms. The van der Waals surface area contributed by atoms with Gasteiger partial charge in [-0.15, -0.1) is 0 Å². The molecular weight excluding hydrogens is 295 g/mol. The number of fused-ring (bicyclic) bond motifs is 1. The molecule has 0 aliphatic heterocycles. The normalized spacial score (nSPS) is 11.0. The third kappa shape index (κ3) is 2.40. The maximum atomic E-state index is 13.9. The Morgan fingerprint density at radius 1 is 1.33 bits per heavy atom. The summed E-state index contributed by atoms with van der Waals surface area (Å²) in [4.78, 5) is 12.0. The summed E-state index contributed by atoms with van der Waals surface area (Å²) in [5, 5.41) is 3.50. The van der Waals surface area contributed by atoms with Crippen LogP contribution in [0.25, 0.3) is 10.9 Å². The number of nitrogens with zero attached hydrogens (tertiary/aromatic N) is 1. The van der Waals surface area contributed by atoms with Gasteiger partial charge in [-0.05, 0) is 30.3 Å². The molecule has 3 aromatic rings. The van der Waals surface area contributed by atoms with Crippen molar-refractivity contribution >= 4 is 22.5 Å². The molecule has 1 N–H and O–H groups in total. The lowest BCUT2D eigenvalue weighted by molar-refractivity contribution is 0.415. The molecule has 108 valence electrons. The largest absolute Gasteiger partial charge is 0.497 e. The van der Waals surface area contributed by atoms with Gasteiger partial charge in [0.25, 0.3) is 5.56 Å². The van der Waals surface area contributed by atoms with Crippen LogP contribution in [0.5, 0.6) is 5.75 Å². The Morgan fingerprint density at radius 3 is 2.86 bits per heavy atom. The number of ether oxygens (including phenoxy) is 1. The standard InChI is InChI=1S/C15H12ClFN2O2/c1-21-9-5-6-14-10(7-9)15(20)18-19(14)8-11-12(16)3-2-4-13(11)17/h2-7H,8H2,1H3,(H,18,20). The molecule has 0 amide bonds. The smallest absolute Gasteiger partial charge is 0.272 e. The van der Waals surface area contributed by atoms with E-state index in [4.69, 9.17) is 16.3 Å². The quantitative estimate of drug-likeness (QED) is 0.808. The number of H-pyrrole nitrogens is 1. The average Bonchev–Trinajstić information content (AvgIpc) is 2.79. The number of nitrogens with one attached hydrogen (secondary N) is 1. The summed E-state index contributed by atoms with van der Waals surface area (Å²) < 4.78 is 20.5. The Balaban J connectivity index is 2.12. The molecule has 3 rings (SSSR count). The molecule has 0 atom stereocenters.